The number of rotatable bonds is 5. The van der Waals surface area contributed by atoms with E-state index in [4.69, 9.17) is 10.00 Å². The zero-order chi connectivity index (χ0) is 13.2. The van der Waals surface area contributed by atoms with Crippen LogP contribution in [0.2, 0.25) is 0 Å². The van der Waals surface area contributed by atoms with Gasteiger partial charge in [-0.25, -0.2) is 0 Å². The van der Waals surface area contributed by atoms with Gasteiger partial charge in [-0.15, -0.1) is 11.8 Å². The summed E-state index contributed by atoms with van der Waals surface area (Å²) in [7, 11) is 0. The Morgan fingerprint density at radius 1 is 1.44 bits per heavy atom. The molecule has 0 fully saturated rings. The summed E-state index contributed by atoms with van der Waals surface area (Å²) < 4.78 is 5.28. The highest BCUT2D eigenvalue weighted by atomic mass is 16.5. The van der Waals surface area contributed by atoms with E-state index in [1.807, 2.05) is 6.07 Å². The van der Waals surface area contributed by atoms with Crippen molar-refractivity contribution in [2.24, 2.45) is 0 Å². The molecule has 1 aromatic carbocycles. The van der Waals surface area contributed by atoms with Gasteiger partial charge in [0.25, 0.3) is 5.91 Å². The summed E-state index contributed by atoms with van der Waals surface area (Å²) in [5.74, 6) is 5.79. The molecule has 0 heterocycles. The quantitative estimate of drug-likeness (QED) is 0.628. The Balaban J connectivity index is 2.38. The van der Waals surface area contributed by atoms with Crippen LogP contribution in [-0.4, -0.2) is 19.1 Å². The molecule has 0 saturated heterocycles. The molecule has 0 aliphatic heterocycles. The highest BCUT2D eigenvalue weighted by Gasteiger charge is 2.05. The lowest BCUT2D eigenvalue weighted by molar-refractivity contribution is -0.123. The Morgan fingerprint density at radius 3 is 2.94 bits per heavy atom. The van der Waals surface area contributed by atoms with Gasteiger partial charge in [-0.1, -0.05) is 12.1 Å². The van der Waals surface area contributed by atoms with E-state index >= 15 is 0 Å². The maximum Gasteiger partial charge on any atom is 0.257 e. The van der Waals surface area contributed by atoms with Crippen LogP contribution in [0.4, 0.5) is 0 Å². The minimum atomic E-state index is -0.222. The van der Waals surface area contributed by atoms with Crippen molar-refractivity contribution >= 4 is 5.91 Å². The van der Waals surface area contributed by atoms with Crippen LogP contribution in [0, 0.1) is 23.2 Å². The minimum absolute atomic E-state index is 0.0990. The maximum atomic E-state index is 11.4. The van der Waals surface area contributed by atoms with Gasteiger partial charge in [0.05, 0.1) is 5.56 Å². The summed E-state index contributed by atoms with van der Waals surface area (Å²) in [4.78, 5) is 11.4. The molecule has 0 aromatic heterocycles. The Bertz CT molecular complexity index is 507. The first kappa shape index (κ1) is 13.6. The standard InChI is InChI=1S/C14H14N2O2/c1-2-3-6-9-16-14(17)11-18-13-8-5-4-7-12(13)10-15/h4-5,7-8H,6,9,11H2,1H3,(H,16,17). The van der Waals surface area contributed by atoms with Gasteiger partial charge in [0, 0.05) is 13.0 Å². The van der Waals surface area contributed by atoms with E-state index in [2.05, 4.69) is 17.2 Å². The normalized spacial score (nSPS) is 8.67. The molecular weight excluding hydrogens is 228 g/mol. The predicted octanol–water partition coefficient (Wildman–Crippen LogP) is 1.47. The van der Waals surface area contributed by atoms with E-state index in [9.17, 15) is 4.79 Å². The summed E-state index contributed by atoms with van der Waals surface area (Å²) >= 11 is 0. The fourth-order valence-corrected chi connectivity index (χ4v) is 1.27. The topological polar surface area (TPSA) is 62.1 Å². The smallest absolute Gasteiger partial charge is 0.257 e. The molecule has 0 aliphatic rings. The molecule has 0 unspecified atom stereocenters. The molecule has 0 spiro atoms. The number of benzene rings is 1. The third-order valence-corrected chi connectivity index (χ3v) is 2.12. The van der Waals surface area contributed by atoms with Crippen molar-refractivity contribution in [1.29, 1.82) is 5.26 Å². The number of para-hydroxylation sites is 1. The Kier molecular flexibility index (Phi) is 5.86. The van der Waals surface area contributed by atoms with Gasteiger partial charge in [0.2, 0.25) is 0 Å². The van der Waals surface area contributed by atoms with E-state index in [0.29, 0.717) is 24.3 Å². The molecule has 0 saturated carbocycles. The van der Waals surface area contributed by atoms with Crippen LogP contribution in [0.15, 0.2) is 24.3 Å². The monoisotopic (exact) mass is 242 g/mol. The first-order valence-corrected chi connectivity index (χ1v) is 5.56. The molecule has 18 heavy (non-hydrogen) atoms. The second-order valence-corrected chi connectivity index (χ2v) is 3.42. The first-order valence-electron chi connectivity index (χ1n) is 5.56. The number of ether oxygens (including phenoxy) is 1. The van der Waals surface area contributed by atoms with E-state index < -0.39 is 0 Å². The molecule has 92 valence electrons. The van der Waals surface area contributed by atoms with Crippen molar-refractivity contribution in [3.8, 4) is 23.7 Å². The van der Waals surface area contributed by atoms with Gasteiger partial charge in [-0.05, 0) is 19.1 Å². The average molecular weight is 242 g/mol. The zero-order valence-corrected chi connectivity index (χ0v) is 10.2. The van der Waals surface area contributed by atoms with Gasteiger partial charge < -0.3 is 10.1 Å². The number of hydrogen-bond acceptors (Lipinski definition) is 3. The minimum Gasteiger partial charge on any atom is -0.482 e. The van der Waals surface area contributed by atoms with Crippen LogP contribution in [0.3, 0.4) is 0 Å². The number of hydrogen-bond donors (Lipinski definition) is 1. The van der Waals surface area contributed by atoms with Crippen molar-refractivity contribution in [3.63, 3.8) is 0 Å². The second-order valence-electron chi connectivity index (χ2n) is 3.42. The van der Waals surface area contributed by atoms with E-state index in [1.165, 1.54) is 0 Å². The number of amides is 1. The summed E-state index contributed by atoms with van der Waals surface area (Å²) in [5.41, 5.74) is 0.419. The van der Waals surface area contributed by atoms with Gasteiger partial charge in [-0.3, -0.25) is 4.79 Å². The van der Waals surface area contributed by atoms with Gasteiger partial charge in [0.15, 0.2) is 6.61 Å². The van der Waals surface area contributed by atoms with Crippen molar-refractivity contribution in [3.05, 3.63) is 29.8 Å². The number of nitrogens with one attached hydrogen (secondary N) is 1. The lowest BCUT2D eigenvalue weighted by atomic mass is 10.2. The van der Waals surface area contributed by atoms with E-state index in [0.717, 1.165) is 0 Å². The molecule has 1 amide bonds. The summed E-state index contributed by atoms with van der Waals surface area (Å²) in [6.07, 6.45) is 0.622. The van der Waals surface area contributed by atoms with Crippen molar-refractivity contribution in [2.75, 3.05) is 13.2 Å². The predicted molar refractivity (Wildman–Crippen MR) is 67.7 cm³/mol. The van der Waals surface area contributed by atoms with Crippen molar-refractivity contribution in [1.82, 2.24) is 5.32 Å². The zero-order valence-electron chi connectivity index (χ0n) is 10.2. The number of carbonyl (C=O) groups excluding carboxylic acids is 1. The maximum absolute atomic E-state index is 11.4. The van der Waals surface area contributed by atoms with Gasteiger partial charge >= 0.3 is 0 Å². The van der Waals surface area contributed by atoms with Crippen LogP contribution in [0.25, 0.3) is 0 Å². The lowest BCUT2D eigenvalue weighted by Crippen LogP contribution is -2.29. The van der Waals surface area contributed by atoms with Crippen LogP contribution in [-0.2, 0) is 4.79 Å². The lowest BCUT2D eigenvalue weighted by Gasteiger charge is -2.07. The van der Waals surface area contributed by atoms with Crippen LogP contribution >= 0.6 is 0 Å². The van der Waals surface area contributed by atoms with Gasteiger partial charge in [0.1, 0.15) is 11.8 Å². The molecule has 1 aromatic rings. The summed E-state index contributed by atoms with van der Waals surface area (Å²) in [6, 6.07) is 8.81. The van der Waals surface area contributed by atoms with Crippen LogP contribution in [0.5, 0.6) is 5.75 Å². The van der Waals surface area contributed by atoms with Crippen LogP contribution in [0.1, 0.15) is 18.9 Å². The average Bonchev–Trinajstić information content (AvgIpc) is 2.41. The molecule has 4 heteroatoms. The number of nitrogens with zero attached hydrogens (tertiary/aromatic N) is 1. The molecule has 1 rings (SSSR count). The van der Waals surface area contributed by atoms with Crippen molar-refractivity contribution in [2.45, 2.75) is 13.3 Å². The number of nitriles is 1. The number of carbonyl (C=O) groups is 1. The molecule has 0 radical (unpaired) electrons. The van der Waals surface area contributed by atoms with Crippen LogP contribution < -0.4 is 10.1 Å². The molecule has 0 atom stereocenters. The van der Waals surface area contributed by atoms with Gasteiger partial charge in [-0.2, -0.15) is 5.26 Å². The first-order chi connectivity index (χ1) is 8.77. The SMILES string of the molecule is CC#CCCNC(=O)COc1ccccc1C#N. The molecule has 4 nitrogen and oxygen atoms in total. The highest BCUT2D eigenvalue weighted by molar-refractivity contribution is 5.77. The molecule has 1 N–H and O–H groups in total. The fourth-order valence-electron chi connectivity index (χ4n) is 1.27. The summed E-state index contributed by atoms with van der Waals surface area (Å²) in [6.45, 7) is 2.16. The van der Waals surface area contributed by atoms with Crippen molar-refractivity contribution < 1.29 is 9.53 Å². The third kappa shape index (κ3) is 4.59. The second kappa shape index (κ2) is 7.76. The Morgan fingerprint density at radius 2 is 2.22 bits per heavy atom. The molecule has 0 aliphatic carbocycles. The van der Waals surface area contributed by atoms with E-state index in [-0.39, 0.29) is 12.5 Å². The fraction of sp³-hybridized carbons (Fsp3) is 0.286. The highest BCUT2D eigenvalue weighted by Crippen LogP contribution is 2.15. The third-order valence-electron chi connectivity index (χ3n) is 2.12. The molecular formula is C14H14N2O2. The van der Waals surface area contributed by atoms with E-state index in [1.54, 1.807) is 31.2 Å². The Hall–Kier alpha value is -2.46. The largest absolute Gasteiger partial charge is 0.482 e. The summed E-state index contributed by atoms with van der Waals surface area (Å²) in [5, 5.41) is 11.5. The molecule has 0 bridgehead atoms. The Labute approximate surface area is 107 Å².